The zero-order chi connectivity index (χ0) is 45.1. The smallest absolute Gasteiger partial charge is 0.458 e. The minimum atomic E-state index is -5.84. The number of halogens is 3. The van der Waals surface area contributed by atoms with E-state index < -0.39 is 88.1 Å². The molecule has 1 fully saturated rings. The topological polar surface area (TPSA) is 278 Å². The Labute approximate surface area is 370 Å². The summed E-state index contributed by atoms with van der Waals surface area (Å²) in [5.74, 6) is -5.76. The first-order valence-corrected chi connectivity index (χ1v) is 19.2. The van der Waals surface area contributed by atoms with Gasteiger partial charge in [0.1, 0.15) is 25.4 Å². The van der Waals surface area contributed by atoms with Gasteiger partial charge in [0.25, 0.3) is 0 Å². The van der Waals surface area contributed by atoms with Gasteiger partial charge in [0.05, 0.1) is 11.4 Å². The molecule has 2 aromatic rings. The van der Waals surface area contributed by atoms with E-state index in [0.29, 0.717) is 22.5 Å². The Morgan fingerprint density at radius 3 is 1.11 bits per heavy atom. The second-order valence-electron chi connectivity index (χ2n) is 12.7. The number of aromatic nitrogens is 2. The molecule has 0 radical (unpaired) electrons. The van der Waals surface area contributed by atoms with Gasteiger partial charge in [-0.25, -0.2) is 28.8 Å². The van der Waals surface area contributed by atoms with Crippen molar-refractivity contribution in [3.63, 3.8) is 0 Å². The summed E-state index contributed by atoms with van der Waals surface area (Å²) in [6.07, 6.45) is 2.23. The Morgan fingerprint density at radius 2 is 0.855 bits per heavy atom. The number of hydrogen-bond donors (Lipinski definition) is 3. The SMILES string of the molecule is C1CCCC1.CC(O)C(=O)OC(C)C(=O)OC(C)C(=O)OCc1ccnc(-c2cc(COC(=O)C(C)OC(=O)C(C)OC(=O)C(C)O)ccn2)c1.O=S(=O)(O)C(F)(F)F.[CH3-].[CH3-].[Ru+2]. The number of carbonyl (C=O) groups is 6. The molecule has 3 N–H and O–H groups in total. The molecule has 2 aromatic heterocycles. The standard InChI is InChI=1S/C30H36N2O14.C5H10.CHF3O3S.2CH3.Ru/c1-15(33)25(35)43-19(5)29(39)45-17(3)27(37)41-13-21-7-9-31-23(11-21)24-12-22(8-10-32-24)14-42-28(38)18(4)46-30(40)20(6)44-26(36)16(2)34;1-2-4-5-3-1;2-1(3,4)8(5,6)7;;;/h7-12,15-20,33-34H,13-14H2,1-6H3;1-5H2;(H,5,6,7);2*1H3;/q;;;2*-1;+2. The van der Waals surface area contributed by atoms with Gasteiger partial charge in [-0.1, -0.05) is 32.1 Å². The maximum absolute atomic E-state index is 12.4. The summed E-state index contributed by atoms with van der Waals surface area (Å²) in [7, 11) is -5.84. The predicted octanol–water partition coefficient (Wildman–Crippen LogP) is 3.96. The van der Waals surface area contributed by atoms with Crippen LogP contribution in [0.25, 0.3) is 11.4 Å². The fourth-order valence-corrected chi connectivity index (χ4v) is 4.11. The van der Waals surface area contributed by atoms with Gasteiger partial charge in [0, 0.05) is 12.4 Å². The number of ether oxygens (including phenoxy) is 6. The summed E-state index contributed by atoms with van der Waals surface area (Å²) in [5, 5.41) is 18.4. The summed E-state index contributed by atoms with van der Waals surface area (Å²) in [5.41, 5.74) is -3.68. The first kappa shape index (κ1) is 61.7. The van der Waals surface area contributed by atoms with Gasteiger partial charge < -0.3 is 53.5 Å². The van der Waals surface area contributed by atoms with Crippen LogP contribution in [0.4, 0.5) is 13.2 Å². The summed E-state index contributed by atoms with van der Waals surface area (Å²) in [6, 6.07) is 6.39. The molecule has 0 aliphatic heterocycles. The zero-order valence-corrected chi connectivity index (χ0v) is 37.8. The molecule has 1 aliphatic rings. The molecule has 2 heterocycles. The zero-order valence-electron chi connectivity index (χ0n) is 35.2. The summed E-state index contributed by atoms with van der Waals surface area (Å²) >= 11 is 0. The van der Waals surface area contributed by atoms with E-state index in [9.17, 15) is 52.2 Å². The van der Waals surface area contributed by atoms with E-state index in [1.165, 1.54) is 86.0 Å². The molecule has 1 saturated carbocycles. The molecule has 1 aliphatic carbocycles. The van der Waals surface area contributed by atoms with Gasteiger partial charge in [-0.05, 0) is 76.9 Å². The average molecular weight is 1000 g/mol. The van der Waals surface area contributed by atoms with Crippen molar-refractivity contribution in [1.82, 2.24) is 9.97 Å². The largest absolute Gasteiger partial charge is 2.00 e. The second kappa shape index (κ2) is 29.6. The van der Waals surface area contributed by atoms with E-state index in [0.717, 1.165) is 0 Å². The third kappa shape index (κ3) is 23.5. The van der Waals surface area contributed by atoms with Crippen molar-refractivity contribution >= 4 is 45.9 Å². The fourth-order valence-electron chi connectivity index (χ4n) is 4.11. The molecule has 62 heavy (non-hydrogen) atoms. The van der Waals surface area contributed by atoms with E-state index >= 15 is 0 Å². The van der Waals surface area contributed by atoms with Crippen LogP contribution in [-0.2, 0) is 100.0 Å². The first-order chi connectivity index (χ1) is 27.3. The van der Waals surface area contributed by atoms with Crippen molar-refractivity contribution in [2.75, 3.05) is 0 Å². The third-order valence-corrected chi connectivity index (χ3v) is 7.98. The van der Waals surface area contributed by atoms with E-state index in [4.69, 9.17) is 41.4 Å². The van der Waals surface area contributed by atoms with Crippen LogP contribution in [0.15, 0.2) is 36.7 Å². The molecule has 0 amide bonds. The number of aliphatic hydroxyl groups excluding tert-OH is 2. The summed E-state index contributed by atoms with van der Waals surface area (Å²) in [6.45, 7) is 6.97. The molecule has 19 nitrogen and oxygen atoms in total. The number of hydrogen-bond acceptors (Lipinski definition) is 18. The molecule has 352 valence electrons. The summed E-state index contributed by atoms with van der Waals surface area (Å²) < 4.78 is 87.4. The molecule has 24 heteroatoms. The van der Waals surface area contributed by atoms with E-state index in [2.05, 4.69) is 9.97 Å². The first-order valence-electron chi connectivity index (χ1n) is 17.8. The third-order valence-electron chi connectivity index (χ3n) is 7.40. The Kier molecular flexibility index (Phi) is 29.5. The van der Waals surface area contributed by atoms with Crippen molar-refractivity contribution in [2.45, 2.75) is 129 Å². The molecule has 0 spiro atoms. The number of esters is 6. The monoisotopic (exact) mass is 1000 g/mol. The van der Waals surface area contributed by atoms with E-state index in [-0.39, 0.29) is 47.5 Å². The van der Waals surface area contributed by atoms with Gasteiger partial charge in [0.15, 0.2) is 24.4 Å². The second-order valence-corrected chi connectivity index (χ2v) is 14.1. The normalized spacial score (nSPS) is 14.6. The maximum Gasteiger partial charge on any atom is 2.00 e. The fraction of sp³-hybridized carbons (Fsp3) is 0.526. The van der Waals surface area contributed by atoms with Crippen LogP contribution in [0.5, 0.6) is 0 Å². The van der Waals surface area contributed by atoms with Crippen LogP contribution < -0.4 is 0 Å². The van der Waals surface area contributed by atoms with E-state index in [1.54, 1.807) is 24.3 Å². The van der Waals surface area contributed by atoms with Crippen LogP contribution >= 0.6 is 0 Å². The van der Waals surface area contributed by atoms with Crippen LogP contribution in [0.1, 0.15) is 84.8 Å². The van der Waals surface area contributed by atoms with Gasteiger partial charge >= 0.3 is 70.9 Å². The van der Waals surface area contributed by atoms with Crippen molar-refractivity contribution in [1.29, 1.82) is 0 Å². The van der Waals surface area contributed by atoms with Crippen LogP contribution in [0.3, 0.4) is 0 Å². The number of pyridine rings is 2. The molecule has 0 bridgehead atoms. The average Bonchev–Trinajstić information content (AvgIpc) is 3.76. The van der Waals surface area contributed by atoms with Crippen molar-refractivity contribution in [2.24, 2.45) is 0 Å². The van der Waals surface area contributed by atoms with Crippen molar-refractivity contribution in [3.8, 4) is 11.4 Å². The molecular formula is C38H53F3N2O17RuS. The number of rotatable bonds is 15. The molecular weight excluding hydrogens is 947 g/mol. The van der Waals surface area contributed by atoms with Crippen LogP contribution in [-0.4, -0.2) is 111 Å². The Balaban J connectivity index is -0.00000186. The van der Waals surface area contributed by atoms with Crippen molar-refractivity contribution < 1.29 is 113 Å². The number of nitrogens with zero attached hydrogens (tertiary/aromatic N) is 2. The molecule has 6 unspecified atom stereocenters. The quantitative estimate of drug-likeness (QED) is 0.0569. The minimum Gasteiger partial charge on any atom is -0.458 e. The van der Waals surface area contributed by atoms with Crippen molar-refractivity contribution in [3.05, 3.63) is 62.6 Å². The number of aliphatic hydroxyl groups is 2. The Bertz CT molecular complexity index is 1730. The van der Waals surface area contributed by atoms with Gasteiger partial charge in [-0.2, -0.15) is 21.6 Å². The van der Waals surface area contributed by atoms with Gasteiger partial charge in [0.2, 0.25) is 0 Å². The Morgan fingerprint density at radius 1 is 0.597 bits per heavy atom. The molecule has 6 atom stereocenters. The maximum atomic E-state index is 12.4. The van der Waals surface area contributed by atoms with E-state index in [1.807, 2.05) is 0 Å². The number of alkyl halides is 3. The number of carbonyl (C=O) groups excluding carboxylic acids is 6. The predicted molar refractivity (Wildman–Crippen MR) is 206 cm³/mol. The van der Waals surface area contributed by atoms with Gasteiger partial charge in [-0.3, -0.25) is 14.5 Å². The molecule has 0 saturated heterocycles. The Hall–Kier alpha value is -4.64. The van der Waals surface area contributed by atoms with Gasteiger partial charge in [-0.15, -0.1) is 0 Å². The van der Waals surface area contributed by atoms with Crippen LogP contribution in [0, 0.1) is 14.9 Å². The molecule has 0 aromatic carbocycles. The summed E-state index contributed by atoms with van der Waals surface area (Å²) in [4.78, 5) is 80.3. The van der Waals surface area contributed by atoms with Crippen LogP contribution in [0.2, 0.25) is 0 Å². The minimum absolute atomic E-state index is 0. The molecule has 3 rings (SSSR count).